The third-order valence-electron chi connectivity index (χ3n) is 6.48. The lowest BCUT2D eigenvalue weighted by Crippen LogP contribution is -2.48. The number of ether oxygens (including phenoxy) is 1. The summed E-state index contributed by atoms with van der Waals surface area (Å²) in [6.07, 6.45) is 1.39. The van der Waals surface area contributed by atoms with E-state index in [0.717, 1.165) is 30.5 Å². The van der Waals surface area contributed by atoms with Gasteiger partial charge < -0.3 is 19.6 Å². The topological polar surface area (TPSA) is 92.0 Å². The minimum absolute atomic E-state index is 0.0186. The van der Waals surface area contributed by atoms with Gasteiger partial charge in [0, 0.05) is 18.5 Å². The monoisotopic (exact) mass is 446 g/mol. The molecule has 1 fully saturated rings. The number of amides is 1. The number of benzene rings is 2. The number of aromatic carboxylic acids is 1. The second-order valence-electron chi connectivity index (χ2n) is 8.50. The van der Waals surface area contributed by atoms with Crippen LogP contribution < -0.4 is 5.32 Å². The number of rotatable bonds is 6. The molecule has 1 atom stereocenters. The number of fused-ring (bicyclic) bond motifs is 3. The molecule has 170 valence electrons. The summed E-state index contributed by atoms with van der Waals surface area (Å²) < 4.78 is 11.3. The van der Waals surface area contributed by atoms with Crippen LogP contribution in [0.4, 0.5) is 4.79 Å². The maximum Gasteiger partial charge on any atom is 0.410 e. The van der Waals surface area contributed by atoms with Crippen molar-refractivity contribution < 1.29 is 23.8 Å². The molecule has 5 rings (SSSR count). The Labute approximate surface area is 192 Å². The number of carbonyl (C=O) groups is 2. The zero-order valence-electron chi connectivity index (χ0n) is 18.2. The summed E-state index contributed by atoms with van der Waals surface area (Å²) in [7, 11) is 0. The molecule has 1 aliphatic heterocycles. The molecule has 1 aliphatic carbocycles. The molecule has 0 saturated carbocycles. The molecule has 1 unspecified atom stereocenters. The summed E-state index contributed by atoms with van der Waals surface area (Å²) in [5.41, 5.74) is 4.68. The lowest BCUT2D eigenvalue weighted by atomic mass is 9.98. The number of carboxylic acids is 1. The van der Waals surface area contributed by atoms with Crippen LogP contribution >= 0.6 is 0 Å². The second kappa shape index (κ2) is 9.11. The van der Waals surface area contributed by atoms with Gasteiger partial charge in [0.25, 0.3) is 0 Å². The molecule has 1 amide bonds. The van der Waals surface area contributed by atoms with Crippen molar-refractivity contribution in [2.24, 2.45) is 0 Å². The minimum atomic E-state index is -1.13. The Balaban J connectivity index is 1.34. The summed E-state index contributed by atoms with van der Waals surface area (Å²) >= 11 is 0. The Morgan fingerprint density at radius 1 is 1.03 bits per heavy atom. The van der Waals surface area contributed by atoms with Gasteiger partial charge in [-0.05, 0) is 53.8 Å². The lowest BCUT2D eigenvalue weighted by molar-refractivity contribution is 0.0645. The first-order valence-corrected chi connectivity index (χ1v) is 11.3. The van der Waals surface area contributed by atoms with Gasteiger partial charge >= 0.3 is 12.1 Å². The lowest BCUT2D eigenvalue weighted by Gasteiger charge is -2.33. The van der Waals surface area contributed by atoms with E-state index in [1.807, 2.05) is 24.3 Å². The SMILES string of the molecule is O=C(O)c1ccc(CN(C(=O)OCC2c3ccccc3-c3ccccc32)C2CCCNC2)o1. The number of piperidine rings is 1. The fourth-order valence-electron chi connectivity index (χ4n) is 4.86. The number of hydrogen-bond acceptors (Lipinski definition) is 5. The Morgan fingerprint density at radius 2 is 1.73 bits per heavy atom. The van der Waals surface area contributed by atoms with Crippen LogP contribution in [0.1, 0.15) is 46.2 Å². The number of nitrogens with one attached hydrogen (secondary N) is 1. The van der Waals surface area contributed by atoms with Crippen molar-refractivity contribution in [3.8, 4) is 11.1 Å². The third-order valence-corrected chi connectivity index (χ3v) is 6.48. The fourth-order valence-corrected chi connectivity index (χ4v) is 4.86. The first-order chi connectivity index (χ1) is 16.1. The van der Waals surface area contributed by atoms with Crippen molar-refractivity contribution in [3.63, 3.8) is 0 Å². The van der Waals surface area contributed by atoms with Gasteiger partial charge in [-0.25, -0.2) is 9.59 Å². The third kappa shape index (κ3) is 4.24. The van der Waals surface area contributed by atoms with Crippen LogP contribution in [0.5, 0.6) is 0 Å². The van der Waals surface area contributed by atoms with Crippen molar-refractivity contribution >= 4 is 12.1 Å². The van der Waals surface area contributed by atoms with E-state index >= 15 is 0 Å². The number of nitrogens with zero attached hydrogens (tertiary/aromatic N) is 1. The molecule has 2 N–H and O–H groups in total. The summed E-state index contributed by atoms with van der Waals surface area (Å²) in [6.45, 7) is 1.98. The van der Waals surface area contributed by atoms with E-state index in [0.29, 0.717) is 12.3 Å². The predicted octanol–water partition coefficient (Wildman–Crippen LogP) is 4.48. The molecular formula is C26H26N2O5. The highest BCUT2D eigenvalue weighted by atomic mass is 16.6. The molecule has 1 saturated heterocycles. The molecule has 3 aromatic rings. The largest absolute Gasteiger partial charge is 0.475 e. The summed E-state index contributed by atoms with van der Waals surface area (Å²) in [4.78, 5) is 26.1. The van der Waals surface area contributed by atoms with Crippen molar-refractivity contribution in [1.29, 1.82) is 0 Å². The van der Waals surface area contributed by atoms with Crippen LogP contribution in [0.25, 0.3) is 11.1 Å². The molecule has 7 nitrogen and oxygen atoms in total. The summed E-state index contributed by atoms with van der Waals surface area (Å²) in [5, 5.41) is 12.5. The molecular weight excluding hydrogens is 420 g/mol. The molecule has 0 bridgehead atoms. The van der Waals surface area contributed by atoms with Gasteiger partial charge in [0.15, 0.2) is 0 Å². The van der Waals surface area contributed by atoms with Gasteiger partial charge in [-0.1, -0.05) is 48.5 Å². The first kappa shape index (κ1) is 21.3. The van der Waals surface area contributed by atoms with Crippen molar-refractivity contribution in [1.82, 2.24) is 10.2 Å². The standard InChI is InChI=1S/C26H26N2O5/c29-25(30)24-12-11-18(33-24)15-28(17-6-5-13-27-14-17)26(31)32-16-23-21-9-3-1-7-19(21)20-8-2-4-10-22(20)23/h1-4,7-12,17,23,27H,5-6,13-16H2,(H,29,30). The zero-order valence-corrected chi connectivity index (χ0v) is 18.2. The average Bonchev–Trinajstić information content (AvgIpc) is 3.45. The van der Waals surface area contributed by atoms with E-state index in [9.17, 15) is 9.59 Å². The molecule has 1 aromatic heterocycles. The Bertz CT molecular complexity index is 1120. The smallest absolute Gasteiger partial charge is 0.410 e. The highest BCUT2D eigenvalue weighted by molar-refractivity contribution is 5.84. The Morgan fingerprint density at radius 3 is 2.33 bits per heavy atom. The van der Waals surface area contributed by atoms with Crippen LogP contribution in [-0.4, -0.2) is 47.8 Å². The minimum Gasteiger partial charge on any atom is -0.475 e. The van der Waals surface area contributed by atoms with Gasteiger partial charge in [0.1, 0.15) is 12.4 Å². The molecule has 2 aromatic carbocycles. The van der Waals surface area contributed by atoms with E-state index in [1.165, 1.54) is 17.2 Å². The van der Waals surface area contributed by atoms with E-state index < -0.39 is 12.1 Å². The van der Waals surface area contributed by atoms with Crippen molar-refractivity contribution in [3.05, 3.63) is 83.3 Å². The van der Waals surface area contributed by atoms with Gasteiger partial charge in [0.05, 0.1) is 6.54 Å². The van der Waals surface area contributed by atoms with Crippen molar-refractivity contribution in [2.75, 3.05) is 19.7 Å². The van der Waals surface area contributed by atoms with E-state index in [1.54, 1.807) is 11.0 Å². The molecule has 2 aliphatic rings. The van der Waals surface area contributed by atoms with E-state index in [2.05, 4.69) is 29.6 Å². The quantitative estimate of drug-likeness (QED) is 0.580. The number of furan rings is 1. The van der Waals surface area contributed by atoms with Crippen LogP contribution in [-0.2, 0) is 11.3 Å². The molecule has 0 spiro atoms. The van der Waals surface area contributed by atoms with Gasteiger partial charge in [-0.3, -0.25) is 4.90 Å². The number of carbonyl (C=O) groups excluding carboxylic acids is 1. The summed E-state index contributed by atoms with van der Waals surface area (Å²) in [6, 6.07) is 19.4. The number of hydrogen-bond donors (Lipinski definition) is 2. The molecule has 7 heteroatoms. The second-order valence-corrected chi connectivity index (χ2v) is 8.50. The van der Waals surface area contributed by atoms with E-state index in [-0.39, 0.29) is 30.9 Å². The molecule has 0 radical (unpaired) electrons. The van der Waals surface area contributed by atoms with Crippen LogP contribution in [0, 0.1) is 0 Å². The summed E-state index contributed by atoms with van der Waals surface area (Å²) in [5.74, 6) is -0.867. The zero-order chi connectivity index (χ0) is 22.8. The van der Waals surface area contributed by atoms with Gasteiger partial charge in [-0.2, -0.15) is 0 Å². The first-order valence-electron chi connectivity index (χ1n) is 11.3. The molecule has 2 heterocycles. The number of carboxylic acid groups (broad SMARTS) is 1. The van der Waals surface area contributed by atoms with Gasteiger partial charge in [0.2, 0.25) is 5.76 Å². The molecule has 33 heavy (non-hydrogen) atoms. The average molecular weight is 447 g/mol. The normalized spacial score (nSPS) is 17.3. The van der Waals surface area contributed by atoms with Crippen LogP contribution in [0.3, 0.4) is 0 Å². The highest BCUT2D eigenvalue weighted by Crippen LogP contribution is 2.44. The maximum absolute atomic E-state index is 13.3. The predicted molar refractivity (Wildman–Crippen MR) is 122 cm³/mol. The fraction of sp³-hybridized carbons (Fsp3) is 0.308. The maximum atomic E-state index is 13.3. The van der Waals surface area contributed by atoms with Crippen LogP contribution in [0.2, 0.25) is 0 Å². The van der Waals surface area contributed by atoms with Crippen LogP contribution in [0.15, 0.2) is 65.1 Å². The Kier molecular flexibility index (Phi) is 5.88. The van der Waals surface area contributed by atoms with Crippen molar-refractivity contribution in [2.45, 2.75) is 31.3 Å². The Hall–Kier alpha value is -3.58. The highest BCUT2D eigenvalue weighted by Gasteiger charge is 2.32. The van der Waals surface area contributed by atoms with Gasteiger partial charge in [-0.15, -0.1) is 0 Å². The van der Waals surface area contributed by atoms with E-state index in [4.69, 9.17) is 14.3 Å².